The van der Waals surface area contributed by atoms with Crippen molar-refractivity contribution in [2.75, 3.05) is 5.32 Å². The van der Waals surface area contributed by atoms with Crippen LogP contribution in [0, 0.1) is 0 Å². The Kier molecular flexibility index (Phi) is 6.53. The number of amides is 1. The van der Waals surface area contributed by atoms with Gasteiger partial charge in [-0.2, -0.15) is 0 Å². The topological polar surface area (TPSA) is 29.1 Å². The molecule has 2 aromatic rings. The van der Waals surface area contributed by atoms with Crippen LogP contribution in [0.4, 0.5) is 5.69 Å². The van der Waals surface area contributed by atoms with Crippen molar-refractivity contribution >= 4 is 23.4 Å². The molecule has 0 aliphatic rings. The van der Waals surface area contributed by atoms with Crippen LogP contribution >= 0.6 is 11.8 Å². The fraction of sp³-hybridized carbons (Fsp3) is 0.316. The minimum absolute atomic E-state index is 0.0372. The molecule has 1 atom stereocenters. The molecule has 0 aliphatic heterocycles. The van der Waals surface area contributed by atoms with Gasteiger partial charge in [-0.25, -0.2) is 0 Å². The van der Waals surface area contributed by atoms with E-state index in [1.54, 1.807) is 11.8 Å². The number of carbonyl (C=O) groups is 1. The highest BCUT2D eigenvalue weighted by atomic mass is 32.2. The molecule has 0 spiro atoms. The van der Waals surface area contributed by atoms with Crippen LogP contribution in [0.2, 0.25) is 0 Å². The van der Waals surface area contributed by atoms with Gasteiger partial charge in [0.15, 0.2) is 0 Å². The second kappa shape index (κ2) is 8.64. The molecule has 0 saturated carbocycles. The van der Waals surface area contributed by atoms with E-state index in [0.29, 0.717) is 0 Å². The van der Waals surface area contributed by atoms with Crippen LogP contribution in [0.1, 0.15) is 32.3 Å². The van der Waals surface area contributed by atoms with Gasteiger partial charge in [-0.05, 0) is 49.6 Å². The van der Waals surface area contributed by atoms with Crippen molar-refractivity contribution < 1.29 is 4.79 Å². The number of hydrogen-bond donors (Lipinski definition) is 1. The smallest absolute Gasteiger partial charge is 0.237 e. The third-order valence-electron chi connectivity index (χ3n) is 3.47. The number of benzene rings is 2. The quantitative estimate of drug-likeness (QED) is 0.716. The Bertz CT molecular complexity index is 580. The van der Waals surface area contributed by atoms with Gasteiger partial charge in [0.1, 0.15) is 0 Å². The van der Waals surface area contributed by atoms with Crippen molar-refractivity contribution in [1.82, 2.24) is 0 Å². The predicted molar refractivity (Wildman–Crippen MR) is 95.4 cm³/mol. The molecule has 0 fully saturated rings. The highest BCUT2D eigenvalue weighted by molar-refractivity contribution is 8.00. The van der Waals surface area contributed by atoms with E-state index in [4.69, 9.17) is 0 Å². The van der Waals surface area contributed by atoms with Crippen LogP contribution in [0.25, 0.3) is 0 Å². The molecule has 22 heavy (non-hydrogen) atoms. The maximum Gasteiger partial charge on any atom is 0.237 e. The third kappa shape index (κ3) is 5.23. The molecule has 3 heteroatoms. The van der Waals surface area contributed by atoms with Gasteiger partial charge in [0.2, 0.25) is 5.91 Å². The van der Waals surface area contributed by atoms with Crippen molar-refractivity contribution in [3.8, 4) is 0 Å². The van der Waals surface area contributed by atoms with Crippen LogP contribution in [-0.4, -0.2) is 11.2 Å². The number of rotatable bonds is 7. The largest absolute Gasteiger partial charge is 0.325 e. The molecule has 0 heterocycles. The number of aryl methyl sites for hydroxylation is 1. The maximum absolute atomic E-state index is 12.2. The Balaban J connectivity index is 1.88. The maximum atomic E-state index is 12.2. The molecule has 0 aliphatic carbocycles. The first-order valence-electron chi connectivity index (χ1n) is 7.80. The minimum atomic E-state index is -0.123. The van der Waals surface area contributed by atoms with Crippen LogP contribution < -0.4 is 5.32 Å². The first-order chi connectivity index (χ1) is 10.7. The highest BCUT2D eigenvalue weighted by Gasteiger charge is 2.14. The van der Waals surface area contributed by atoms with Gasteiger partial charge >= 0.3 is 0 Å². The van der Waals surface area contributed by atoms with E-state index in [1.807, 2.05) is 49.4 Å². The standard InChI is InChI=1S/C19H23NOS/c1-3-4-8-16-11-13-17(14-12-16)20-19(21)15(2)22-18-9-6-5-7-10-18/h5-7,9-15H,3-4,8H2,1-2H3,(H,20,21)/t15-/m0/s1. The summed E-state index contributed by atoms with van der Waals surface area (Å²) in [4.78, 5) is 13.4. The normalized spacial score (nSPS) is 11.9. The molecule has 2 aromatic carbocycles. The van der Waals surface area contributed by atoms with Crippen molar-refractivity contribution in [2.45, 2.75) is 43.3 Å². The molecule has 2 nitrogen and oxygen atoms in total. The molecular weight excluding hydrogens is 290 g/mol. The molecule has 1 amide bonds. The van der Waals surface area contributed by atoms with E-state index in [2.05, 4.69) is 24.4 Å². The summed E-state index contributed by atoms with van der Waals surface area (Å²) in [6, 6.07) is 18.2. The summed E-state index contributed by atoms with van der Waals surface area (Å²) < 4.78 is 0. The second-order valence-corrected chi connectivity index (χ2v) is 6.78. The Morgan fingerprint density at radius 1 is 1.09 bits per heavy atom. The summed E-state index contributed by atoms with van der Waals surface area (Å²) in [6.45, 7) is 4.13. The summed E-state index contributed by atoms with van der Waals surface area (Å²) >= 11 is 1.57. The molecule has 0 bridgehead atoms. The lowest BCUT2D eigenvalue weighted by molar-refractivity contribution is -0.115. The first-order valence-corrected chi connectivity index (χ1v) is 8.68. The molecule has 1 N–H and O–H groups in total. The molecular formula is C19H23NOS. The van der Waals surface area contributed by atoms with Gasteiger partial charge < -0.3 is 5.32 Å². The van der Waals surface area contributed by atoms with Gasteiger partial charge in [0.05, 0.1) is 5.25 Å². The number of carbonyl (C=O) groups excluding carboxylic acids is 1. The lowest BCUT2D eigenvalue weighted by Crippen LogP contribution is -2.22. The Morgan fingerprint density at radius 2 is 1.77 bits per heavy atom. The van der Waals surface area contributed by atoms with Gasteiger partial charge in [0.25, 0.3) is 0 Å². The monoisotopic (exact) mass is 313 g/mol. The number of hydrogen-bond acceptors (Lipinski definition) is 2. The molecule has 0 aromatic heterocycles. The van der Waals surface area contributed by atoms with E-state index in [0.717, 1.165) is 17.0 Å². The summed E-state index contributed by atoms with van der Waals surface area (Å²) in [5, 5.41) is 2.86. The third-order valence-corrected chi connectivity index (χ3v) is 4.58. The van der Waals surface area contributed by atoms with Crippen molar-refractivity contribution in [1.29, 1.82) is 0 Å². The van der Waals surface area contributed by atoms with E-state index in [-0.39, 0.29) is 11.2 Å². The fourth-order valence-electron chi connectivity index (χ4n) is 2.14. The summed E-state index contributed by atoms with van der Waals surface area (Å²) in [7, 11) is 0. The number of nitrogens with one attached hydrogen (secondary N) is 1. The lowest BCUT2D eigenvalue weighted by Gasteiger charge is -2.12. The predicted octanol–water partition coefficient (Wildman–Crippen LogP) is 5.15. The summed E-state index contributed by atoms with van der Waals surface area (Å²) in [6.07, 6.45) is 3.51. The van der Waals surface area contributed by atoms with Crippen molar-refractivity contribution in [3.05, 3.63) is 60.2 Å². The lowest BCUT2D eigenvalue weighted by atomic mass is 10.1. The zero-order chi connectivity index (χ0) is 15.8. The molecule has 116 valence electrons. The Labute approximate surface area is 137 Å². The Hall–Kier alpha value is -1.74. The fourth-order valence-corrected chi connectivity index (χ4v) is 3.02. The van der Waals surface area contributed by atoms with Crippen LogP contribution in [0.5, 0.6) is 0 Å². The van der Waals surface area contributed by atoms with Crippen LogP contribution in [0.3, 0.4) is 0 Å². The van der Waals surface area contributed by atoms with E-state index < -0.39 is 0 Å². The van der Waals surface area contributed by atoms with Crippen molar-refractivity contribution in [2.24, 2.45) is 0 Å². The molecule has 2 rings (SSSR count). The van der Waals surface area contributed by atoms with Crippen molar-refractivity contribution in [3.63, 3.8) is 0 Å². The molecule has 0 unspecified atom stereocenters. The summed E-state index contributed by atoms with van der Waals surface area (Å²) in [5.74, 6) is 0.0372. The zero-order valence-electron chi connectivity index (χ0n) is 13.2. The van der Waals surface area contributed by atoms with Crippen LogP contribution in [-0.2, 0) is 11.2 Å². The average molecular weight is 313 g/mol. The molecule has 0 radical (unpaired) electrons. The van der Waals surface area contributed by atoms with E-state index >= 15 is 0 Å². The SMILES string of the molecule is CCCCc1ccc(NC(=O)[C@H](C)Sc2ccccc2)cc1. The number of thioether (sulfide) groups is 1. The van der Waals surface area contributed by atoms with E-state index in [9.17, 15) is 4.79 Å². The Morgan fingerprint density at radius 3 is 2.41 bits per heavy atom. The van der Waals surface area contributed by atoms with Gasteiger partial charge in [-0.3, -0.25) is 4.79 Å². The number of anilines is 1. The second-order valence-electron chi connectivity index (χ2n) is 5.36. The average Bonchev–Trinajstić information content (AvgIpc) is 2.55. The van der Waals surface area contributed by atoms with E-state index in [1.165, 1.54) is 18.4 Å². The molecule has 0 saturated heterocycles. The minimum Gasteiger partial charge on any atom is -0.325 e. The number of unbranched alkanes of at least 4 members (excludes halogenated alkanes) is 1. The van der Waals surface area contributed by atoms with Gasteiger partial charge in [0, 0.05) is 10.6 Å². The van der Waals surface area contributed by atoms with Gasteiger partial charge in [-0.1, -0.05) is 43.7 Å². The van der Waals surface area contributed by atoms with Gasteiger partial charge in [-0.15, -0.1) is 11.8 Å². The zero-order valence-corrected chi connectivity index (χ0v) is 14.0. The summed E-state index contributed by atoms with van der Waals surface area (Å²) in [5.41, 5.74) is 2.19. The highest BCUT2D eigenvalue weighted by Crippen LogP contribution is 2.23. The first kappa shape index (κ1) is 16.6. The van der Waals surface area contributed by atoms with Crippen LogP contribution in [0.15, 0.2) is 59.5 Å².